The molecule has 1 atom stereocenters. The second-order valence-electron chi connectivity index (χ2n) is 5.07. The molecule has 82 valence electrons. The first-order chi connectivity index (χ1) is 7.07. The van der Waals surface area contributed by atoms with Crippen molar-refractivity contribution < 1.29 is 0 Å². The van der Waals surface area contributed by atoms with Gasteiger partial charge in [0.1, 0.15) is 6.33 Å². The molecule has 0 aliphatic heterocycles. The fourth-order valence-electron chi connectivity index (χ4n) is 2.21. The Morgan fingerprint density at radius 2 is 2.33 bits per heavy atom. The van der Waals surface area contributed by atoms with Crippen molar-refractivity contribution in [3.8, 4) is 0 Å². The number of nitrogens with two attached hydrogens (primary N) is 1. The molecule has 0 spiro atoms. The Balaban J connectivity index is 2.02. The minimum atomic E-state index is 0.444. The summed E-state index contributed by atoms with van der Waals surface area (Å²) in [5.74, 6) is 0.771. The smallest absolute Gasteiger partial charge is 0.152 e. The molecule has 0 saturated heterocycles. The monoisotopic (exact) mass is 206 g/mol. The second kappa shape index (κ2) is 3.68. The molecule has 4 nitrogen and oxygen atoms in total. The third-order valence-corrected chi connectivity index (χ3v) is 3.05. The van der Waals surface area contributed by atoms with Crippen LogP contribution >= 0.6 is 0 Å². The molecule has 0 amide bonds. The molecule has 1 unspecified atom stereocenters. The highest BCUT2D eigenvalue weighted by atomic mass is 15.1. The summed E-state index contributed by atoms with van der Waals surface area (Å²) in [7, 11) is 0. The fraction of sp³-hybridized carbons (Fsp3) is 0.636. The third-order valence-electron chi connectivity index (χ3n) is 3.05. The summed E-state index contributed by atoms with van der Waals surface area (Å²) in [6.07, 6.45) is 6.79. The molecule has 2 rings (SSSR count). The molecular formula is C11H18N4. The summed E-state index contributed by atoms with van der Waals surface area (Å²) < 4.78 is 0. The van der Waals surface area contributed by atoms with Crippen molar-refractivity contribution in [2.24, 2.45) is 5.41 Å². The van der Waals surface area contributed by atoms with E-state index in [9.17, 15) is 0 Å². The van der Waals surface area contributed by atoms with Crippen LogP contribution in [0.1, 0.15) is 33.1 Å². The quantitative estimate of drug-likeness (QED) is 0.777. The summed E-state index contributed by atoms with van der Waals surface area (Å²) in [6, 6.07) is 0.497. The molecule has 3 N–H and O–H groups in total. The molecule has 1 heterocycles. The van der Waals surface area contributed by atoms with Crippen LogP contribution in [0.3, 0.4) is 0 Å². The van der Waals surface area contributed by atoms with E-state index in [4.69, 9.17) is 5.73 Å². The normalized spacial score (nSPS) is 24.0. The molecular weight excluding hydrogens is 188 g/mol. The first-order valence-electron chi connectivity index (χ1n) is 5.39. The molecule has 1 aliphatic carbocycles. The van der Waals surface area contributed by atoms with Crippen LogP contribution in [0, 0.1) is 5.41 Å². The largest absolute Gasteiger partial charge is 0.394 e. The lowest BCUT2D eigenvalue weighted by Gasteiger charge is -2.18. The fourth-order valence-corrected chi connectivity index (χ4v) is 2.21. The summed E-state index contributed by atoms with van der Waals surface area (Å²) in [6.45, 7) is 4.61. The lowest BCUT2D eigenvalue weighted by Crippen LogP contribution is -2.19. The van der Waals surface area contributed by atoms with E-state index < -0.39 is 0 Å². The maximum Gasteiger partial charge on any atom is 0.152 e. The van der Waals surface area contributed by atoms with Gasteiger partial charge in [-0.05, 0) is 24.7 Å². The lowest BCUT2D eigenvalue weighted by molar-refractivity contribution is 0.378. The maximum absolute atomic E-state index is 5.78. The van der Waals surface area contributed by atoms with Crippen LogP contribution in [0.2, 0.25) is 0 Å². The minimum Gasteiger partial charge on any atom is -0.394 e. The highest BCUT2D eigenvalue weighted by molar-refractivity contribution is 5.59. The Bertz CT molecular complexity index is 348. The topological polar surface area (TPSA) is 63.8 Å². The van der Waals surface area contributed by atoms with Crippen molar-refractivity contribution in [2.75, 3.05) is 11.1 Å². The third kappa shape index (κ3) is 2.37. The molecule has 0 radical (unpaired) electrons. The predicted octanol–water partition coefficient (Wildman–Crippen LogP) is 2.05. The van der Waals surface area contributed by atoms with Crippen molar-refractivity contribution in [2.45, 2.75) is 39.2 Å². The average molecular weight is 206 g/mol. The summed E-state index contributed by atoms with van der Waals surface area (Å²) in [4.78, 5) is 8.01. The number of hydrogen-bond donors (Lipinski definition) is 2. The van der Waals surface area contributed by atoms with Crippen molar-refractivity contribution in [3.63, 3.8) is 0 Å². The Morgan fingerprint density at radius 1 is 1.53 bits per heavy atom. The summed E-state index contributed by atoms with van der Waals surface area (Å²) >= 11 is 0. The van der Waals surface area contributed by atoms with Gasteiger partial charge in [-0.3, -0.25) is 0 Å². The van der Waals surface area contributed by atoms with Gasteiger partial charge in [-0.15, -0.1) is 0 Å². The van der Waals surface area contributed by atoms with Crippen LogP contribution in [0.4, 0.5) is 11.5 Å². The SMILES string of the molecule is CC1(C)CCC(Nc2ncncc2N)C1. The Hall–Kier alpha value is -1.32. The Labute approximate surface area is 90.3 Å². The summed E-state index contributed by atoms with van der Waals surface area (Å²) in [5, 5.41) is 3.39. The van der Waals surface area contributed by atoms with Gasteiger partial charge in [0.15, 0.2) is 5.82 Å². The first-order valence-corrected chi connectivity index (χ1v) is 5.39. The minimum absolute atomic E-state index is 0.444. The average Bonchev–Trinajstić information content (AvgIpc) is 2.50. The van der Waals surface area contributed by atoms with Gasteiger partial charge in [-0.1, -0.05) is 13.8 Å². The van der Waals surface area contributed by atoms with Crippen LogP contribution < -0.4 is 11.1 Å². The number of nitrogens with one attached hydrogen (secondary N) is 1. The first kappa shape index (κ1) is 10.2. The number of nitrogen functional groups attached to an aromatic ring is 1. The van der Waals surface area contributed by atoms with E-state index >= 15 is 0 Å². The number of hydrogen-bond acceptors (Lipinski definition) is 4. The number of anilines is 2. The van der Waals surface area contributed by atoms with Crippen LogP contribution in [-0.2, 0) is 0 Å². The van der Waals surface area contributed by atoms with Crippen LogP contribution in [-0.4, -0.2) is 16.0 Å². The number of rotatable bonds is 2. The summed E-state index contributed by atoms with van der Waals surface area (Å²) in [5.41, 5.74) is 6.85. The maximum atomic E-state index is 5.78. The van der Waals surface area contributed by atoms with Crippen LogP contribution in [0.25, 0.3) is 0 Å². The molecule has 15 heavy (non-hydrogen) atoms. The van der Waals surface area contributed by atoms with Gasteiger partial charge < -0.3 is 11.1 Å². The van der Waals surface area contributed by atoms with E-state index in [-0.39, 0.29) is 0 Å². The zero-order valence-corrected chi connectivity index (χ0v) is 9.33. The molecule has 1 aromatic heterocycles. The predicted molar refractivity (Wildman–Crippen MR) is 61.5 cm³/mol. The van der Waals surface area contributed by atoms with E-state index in [1.807, 2.05) is 0 Å². The molecule has 0 aromatic carbocycles. The Morgan fingerprint density at radius 3 is 2.93 bits per heavy atom. The molecule has 4 heteroatoms. The zero-order valence-electron chi connectivity index (χ0n) is 9.33. The molecule has 1 aliphatic rings. The standard InChI is InChI=1S/C11H18N4/c1-11(2)4-3-8(5-11)15-10-9(12)6-13-7-14-10/h6-8H,3-5,12H2,1-2H3,(H,13,14,15). The van der Waals surface area contributed by atoms with E-state index in [2.05, 4.69) is 29.1 Å². The van der Waals surface area contributed by atoms with Crippen LogP contribution in [0.15, 0.2) is 12.5 Å². The van der Waals surface area contributed by atoms with Gasteiger partial charge in [-0.2, -0.15) is 0 Å². The van der Waals surface area contributed by atoms with Gasteiger partial charge in [0.05, 0.1) is 11.9 Å². The van der Waals surface area contributed by atoms with Crippen molar-refractivity contribution in [3.05, 3.63) is 12.5 Å². The highest BCUT2D eigenvalue weighted by Gasteiger charge is 2.31. The van der Waals surface area contributed by atoms with Gasteiger partial charge in [0.2, 0.25) is 0 Å². The number of nitrogens with zero attached hydrogens (tertiary/aromatic N) is 2. The van der Waals surface area contributed by atoms with E-state index in [0.717, 1.165) is 5.82 Å². The van der Waals surface area contributed by atoms with Crippen molar-refractivity contribution in [1.29, 1.82) is 0 Å². The number of aromatic nitrogens is 2. The lowest BCUT2D eigenvalue weighted by atomic mass is 9.92. The van der Waals surface area contributed by atoms with E-state index in [1.165, 1.54) is 25.6 Å². The van der Waals surface area contributed by atoms with Crippen LogP contribution in [0.5, 0.6) is 0 Å². The van der Waals surface area contributed by atoms with Gasteiger partial charge >= 0.3 is 0 Å². The zero-order chi connectivity index (χ0) is 10.9. The van der Waals surface area contributed by atoms with Crippen molar-refractivity contribution >= 4 is 11.5 Å². The molecule has 0 bridgehead atoms. The highest BCUT2D eigenvalue weighted by Crippen LogP contribution is 2.38. The molecule has 1 saturated carbocycles. The van der Waals surface area contributed by atoms with Crippen molar-refractivity contribution in [1.82, 2.24) is 9.97 Å². The van der Waals surface area contributed by atoms with Gasteiger partial charge in [0, 0.05) is 6.04 Å². The van der Waals surface area contributed by atoms with Gasteiger partial charge in [-0.25, -0.2) is 9.97 Å². The molecule has 1 fully saturated rings. The van der Waals surface area contributed by atoms with Gasteiger partial charge in [0.25, 0.3) is 0 Å². The second-order valence-corrected chi connectivity index (χ2v) is 5.07. The van der Waals surface area contributed by atoms with E-state index in [1.54, 1.807) is 6.20 Å². The molecule has 1 aromatic rings. The Kier molecular flexibility index (Phi) is 2.50. The van der Waals surface area contributed by atoms with E-state index in [0.29, 0.717) is 17.1 Å².